The van der Waals surface area contributed by atoms with E-state index in [0.29, 0.717) is 28.1 Å². The van der Waals surface area contributed by atoms with Crippen molar-refractivity contribution in [2.24, 2.45) is 0 Å². The molecule has 0 saturated heterocycles. The Kier molecular flexibility index (Phi) is 6.48. The third-order valence-electron chi connectivity index (χ3n) is 5.01. The lowest BCUT2D eigenvalue weighted by Gasteiger charge is -2.15. The first kappa shape index (κ1) is 22.8. The van der Waals surface area contributed by atoms with E-state index in [1.807, 2.05) is 0 Å². The van der Waals surface area contributed by atoms with Gasteiger partial charge < -0.3 is 20.2 Å². The summed E-state index contributed by atoms with van der Waals surface area (Å²) in [5.41, 5.74) is 2.20. The topological polar surface area (TPSA) is 102 Å². The van der Waals surface area contributed by atoms with Crippen LogP contribution in [0.15, 0.2) is 71.2 Å². The molecule has 2 N–H and O–H groups in total. The van der Waals surface area contributed by atoms with Crippen molar-refractivity contribution in [2.45, 2.75) is 6.43 Å². The summed E-state index contributed by atoms with van der Waals surface area (Å²) >= 11 is 0. The zero-order valence-corrected chi connectivity index (χ0v) is 18.4. The van der Waals surface area contributed by atoms with Gasteiger partial charge in [0.05, 0.1) is 24.1 Å². The monoisotopic (exact) mass is 465 g/mol. The summed E-state index contributed by atoms with van der Waals surface area (Å²) in [6.07, 6.45) is 3.86. The van der Waals surface area contributed by atoms with E-state index >= 15 is 0 Å². The van der Waals surface area contributed by atoms with Crippen LogP contribution < -0.4 is 20.3 Å². The average Bonchev–Trinajstić information content (AvgIpc) is 2.84. The van der Waals surface area contributed by atoms with Crippen molar-refractivity contribution in [3.63, 3.8) is 0 Å². The van der Waals surface area contributed by atoms with Crippen LogP contribution in [-0.2, 0) is 0 Å². The Bertz CT molecular complexity index is 1390. The third-order valence-corrected chi connectivity index (χ3v) is 5.01. The van der Waals surface area contributed by atoms with Crippen LogP contribution in [0.4, 0.5) is 8.78 Å². The lowest BCUT2D eigenvalue weighted by Crippen LogP contribution is -2.25. The molecule has 2 heterocycles. The minimum absolute atomic E-state index is 0.0361. The predicted octanol–water partition coefficient (Wildman–Crippen LogP) is 3.64. The van der Waals surface area contributed by atoms with Gasteiger partial charge in [0.15, 0.2) is 6.61 Å². The summed E-state index contributed by atoms with van der Waals surface area (Å²) in [5, 5.41) is 15.4. The molecule has 1 aliphatic rings. The van der Waals surface area contributed by atoms with Crippen LogP contribution in [0.2, 0.25) is 0 Å². The van der Waals surface area contributed by atoms with E-state index < -0.39 is 18.6 Å². The molecule has 8 nitrogen and oxygen atoms in total. The standard InChI is InChI=1S/C24H21F2N5O3/c1-28-12-15-11-16(5-8-18(15)27)31-24(32)22(14-3-6-17(33-2)7-4-14)23-19(30-31)9-10-21(29-23)34-13-20(25)26/h3-12,20,27-28H,13H2,1-2H3/b15-12-,27-18?. The third kappa shape index (κ3) is 4.56. The quantitative estimate of drug-likeness (QED) is 0.552. The van der Waals surface area contributed by atoms with Crippen molar-refractivity contribution in [3.8, 4) is 22.8 Å². The molecule has 0 spiro atoms. The number of nitrogens with one attached hydrogen (secondary N) is 2. The van der Waals surface area contributed by atoms with Gasteiger partial charge in [-0.25, -0.2) is 13.8 Å². The number of hydrogen-bond acceptors (Lipinski definition) is 7. The lowest BCUT2D eigenvalue weighted by atomic mass is 10.0. The highest BCUT2D eigenvalue weighted by molar-refractivity contribution is 6.12. The molecule has 0 radical (unpaired) electrons. The Labute approximate surface area is 193 Å². The first-order valence-corrected chi connectivity index (χ1v) is 10.3. The second-order valence-electron chi connectivity index (χ2n) is 7.24. The fourth-order valence-corrected chi connectivity index (χ4v) is 3.44. The molecular weight excluding hydrogens is 444 g/mol. The van der Waals surface area contributed by atoms with E-state index in [1.165, 1.54) is 17.9 Å². The Morgan fingerprint density at radius 1 is 1.18 bits per heavy atom. The van der Waals surface area contributed by atoms with Gasteiger partial charge in [0.25, 0.3) is 12.0 Å². The largest absolute Gasteiger partial charge is 0.497 e. The minimum Gasteiger partial charge on any atom is -0.497 e. The van der Waals surface area contributed by atoms with Gasteiger partial charge in [0.2, 0.25) is 5.88 Å². The van der Waals surface area contributed by atoms with Crippen molar-refractivity contribution in [3.05, 3.63) is 76.8 Å². The van der Waals surface area contributed by atoms with Crippen molar-refractivity contribution in [1.29, 1.82) is 5.41 Å². The Balaban J connectivity index is 1.94. The van der Waals surface area contributed by atoms with Gasteiger partial charge in [-0.1, -0.05) is 12.1 Å². The number of nitrogens with zero attached hydrogens (tertiary/aromatic N) is 3. The highest BCUT2D eigenvalue weighted by Gasteiger charge is 2.19. The summed E-state index contributed by atoms with van der Waals surface area (Å²) in [7, 11) is 3.25. The molecule has 0 amide bonds. The van der Waals surface area contributed by atoms with Crippen molar-refractivity contribution < 1.29 is 18.3 Å². The lowest BCUT2D eigenvalue weighted by molar-refractivity contribution is 0.0798. The molecule has 2 aromatic heterocycles. The number of hydrogen-bond donors (Lipinski definition) is 2. The zero-order valence-electron chi connectivity index (χ0n) is 18.4. The zero-order chi connectivity index (χ0) is 24.2. The second-order valence-corrected chi connectivity index (χ2v) is 7.24. The maximum Gasteiger partial charge on any atom is 0.281 e. The molecule has 174 valence electrons. The molecule has 0 saturated carbocycles. The number of aromatic nitrogens is 3. The smallest absolute Gasteiger partial charge is 0.281 e. The van der Waals surface area contributed by atoms with Crippen LogP contribution in [0.5, 0.6) is 11.6 Å². The fourth-order valence-electron chi connectivity index (χ4n) is 3.44. The van der Waals surface area contributed by atoms with Gasteiger partial charge >= 0.3 is 0 Å². The van der Waals surface area contributed by atoms with Crippen LogP contribution in [-0.4, -0.2) is 47.7 Å². The Morgan fingerprint density at radius 2 is 1.94 bits per heavy atom. The van der Waals surface area contributed by atoms with Crippen LogP contribution in [0.1, 0.15) is 0 Å². The van der Waals surface area contributed by atoms with Gasteiger partial charge in [0.1, 0.15) is 16.8 Å². The molecule has 3 aromatic rings. The van der Waals surface area contributed by atoms with E-state index in [4.69, 9.17) is 14.9 Å². The predicted molar refractivity (Wildman–Crippen MR) is 126 cm³/mol. The number of ether oxygens (including phenoxy) is 2. The van der Waals surface area contributed by atoms with E-state index in [0.717, 1.165) is 0 Å². The van der Waals surface area contributed by atoms with Gasteiger partial charge in [-0.15, -0.1) is 0 Å². The molecule has 0 fully saturated rings. The first-order valence-electron chi connectivity index (χ1n) is 10.3. The maximum absolute atomic E-state index is 13.7. The number of pyridine rings is 1. The van der Waals surface area contributed by atoms with Crippen molar-refractivity contribution in [1.82, 2.24) is 20.1 Å². The molecule has 34 heavy (non-hydrogen) atoms. The first-order chi connectivity index (χ1) is 16.4. The Hall–Kier alpha value is -4.34. The highest BCUT2D eigenvalue weighted by atomic mass is 19.3. The highest BCUT2D eigenvalue weighted by Crippen LogP contribution is 2.28. The number of halogens is 2. The van der Waals surface area contributed by atoms with E-state index in [2.05, 4.69) is 15.4 Å². The number of alkyl halides is 2. The molecule has 0 atom stereocenters. The fraction of sp³-hybridized carbons (Fsp3) is 0.167. The van der Waals surface area contributed by atoms with Gasteiger partial charge in [0, 0.05) is 24.9 Å². The van der Waals surface area contributed by atoms with Crippen LogP contribution in [0.3, 0.4) is 0 Å². The van der Waals surface area contributed by atoms with Crippen molar-refractivity contribution in [2.75, 3.05) is 20.8 Å². The van der Waals surface area contributed by atoms with Gasteiger partial charge in [-0.3, -0.25) is 4.79 Å². The molecule has 0 bridgehead atoms. The van der Waals surface area contributed by atoms with E-state index in [1.54, 1.807) is 61.8 Å². The SMILES string of the molecule is CN/C=C1/C=C(n2nc3ccc(OCC(F)F)nc3c(-c3ccc(OC)cc3)c2=O)C=CC1=N. The molecule has 10 heteroatoms. The van der Waals surface area contributed by atoms with Gasteiger partial charge in [-0.05, 0) is 42.0 Å². The number of benzene rings is 1. The van der Waals surface area contributed by atoms with Crippen molar-refractivity contribution >= 4 is 22.4 Å². The van der Waals surface area contributed by atoms with Crippen LogP contribution >= 0.6 is 0 Å². The minimum atomic E-state index is -2.66. The summed E-state index contributed by atoms with van der Waals surface area (Å²) in [4.78, 5) is 18.0. The molecule has 0 aliphatic heterocycles. The summed E-state index contributed by atoms with van der Waals surface area (Å²) < 4.78 is 36.7. The molecule has 1 aliphatic carbocycles. The molecule has 1 aromatic carbocycles. The Morgan fingerprint density at radius 3 is 2.62 bits per heavy atom. The van der Waals surface area contributed by atoms with E-state index in [-0.39, 0.29) is 22.7 Å². The number of fused-ring (bicyclic) bond motifs is 1. The van der Waals surface area contributed by atoms with Gasteiger partial charge in [-0.2, -0.15) is 9.78 Å². The molecule has 0 unspecified atom stereocenters. The number of rotatable bonds is 7. The summed E-state index contributed by atoms with van der Waals surface area (Å²) in [6, 6.07) is 9.82. The van der Waals surface area contributed by atoms with E-state index in [9.17, 15) is 13.6 Å². The molecular formula is C24H21F2N5O3. The summed E-state index contributed by atoms with van der Waals surface area (Å²) in [6.45, 7) is -0.814. The van der Waals surface area contributed by atoms with Crippen LogP contribution in [0, 0.1) is 5.41 Å². The number of allylic oxidation sites excluding steroid dienone is 5. The second kappa shape index (κ2) is 9.65. The molecule has 4 rings (SSSR count). The number of methoxy groups -OCH3 is 1. The summed E-state index contributed by atoms with van der Waals surface area (Å²) in [5.74, 6) is 0.570. The maximum atomic E-state index is 13.7. The normalized spacial score (nSPS) is 14.6. The average molecular weight is 465 g/mol. The van der Waals surface area contributed by atoms with Crippen LogP contribution in [0.25, 0.3) is 27.9 Å².